The summed E-state index contributed by atoms with van der Waals surface area (Å²) in [6, 6.07) is 3.30. The van der Waals surface area contributed by atoms with Gasteiger partial charge in [-0.25, -0.2) is 0 Å². The highest BCUT2D eigenvalue weighted by Gasteiger charge is 2.12. The van der Waals surface area contributed by atoms with E-state index in [-0.39, 0.29) is 5.75 Å². The van der Waals surface area contributed by atoms with Crippen LogP contribution in [-0.4, -0.2) is 22.4 Å². The van der Waals surface area contributed by atoms with E-state index in [2.05, 4.69) is 27.4 Å². The lowest BCUT2D eigenvalue weighted by Crippen LogP contribution is -1.84. The van der Waals surface area contributed by atoms with Crippen molar-refractivity contribution in [1.82, 2.24) is 4.98 Å². The highest BCUT2D eigenvalue weighted by Crippen LogP contribution is 2.39. The van der Waals surface area contributed by atoms with Gasteiger partial charge < -0.3 is 14.8 Å². The number of thiocarbonyl (C=S) groups is 1. The Morgan fingerprint density at radius 2 is 2.33 bits per heavy atom. The number of phenolic OH excluding ortho intramolecular Hbond substituents is 1. The van der Waals surface area contributed by atoms with Gasteiger partial charge in [-0.1, -0.05) is 0 Å². The zero-order valence-electron chi connectivity index (χ0n) is 7.94. The lowest BCUT2D eigenvalue weighted by atomic mass is 10.2. The Morgan fingerprint density at radius 3 is 3.00 bits per heavy atom. The summed E-state index contributed by atoms with van der Waals surface area (Å²) in [5, 5.41) is 12.6. The van der Waals surface area contributed by atoms with Gasteiger partial charge in [-0.15, -0.1) is 0 Å². The van der Waals surface area contributed by atoms with Crippen LogP contribution in [-0.2, 0) is 0 Å². The molecular weight excluding hydrogens is 212 g/mol. The van der Waals surface area contributed by atoms with Crippen molar-refractivity contribution in [2.75, 3.05) is 7.11 Å². The summed E-state index contributed by atoms with van der Waals surface area (Å²) in [6.07, 6.45) is 1.69. The van der Waals surface area contributed by atoms with E-state index in [0.717, 1.165) is 5.52 Å². The fourth-order valence-corrected chi connectivity index (χ4v) is 1.61. The van der Waals surface area contributed by atoms with Gasteiger partial charge in [-0.2, -0.15) is 4.99 Å². The van der Waals surface area contributed by atoms with Gasteiger partial charge in [0.05, 0.1) is 23.2 Å². The second-order valence-electron chi connectivity index (χ2n) is 2.92. The summed E-state index contributed by atoms with van der Waals surface area (Å²) in [5.74, 6) is 0.461. The molecule has 4 nitrogen and oxygen atoms in total. The number of aromatic nitrogens is 1. The van der Waals surface area contributed by atoms with Gasteiger partial charge in [0.1, 0.15) is 5.69 Å². The van der Waals surface area contributed by atoms with Gasteiger partial charge in [0.15, 0.2) is 11.5 Å². The highest BCUT2D eigenvalue weighted by atomic mass is 32.1. The van der Waals surface area contributed by atoms with Crippen LogP contribution in [0.4, 0.5) is 5.69 Å². The minimum atomic E-state index is 0.0745. The molecule has 0 saturated carbocycles. The van der Waals surface area contributed by atoms with E-state index in [1.54, 1.807) is 18.3 Å². The van der Waals surface area contributed by atoms with Crippen LogP contribution in [0.3, 0.4) is 0 Å². The van der Waals surface area contributed by atoms with Gasteiger partial charge >= 0.3 is 0 Å². The Kier molecular flexibility index (Phi) is 2.41. The molecule has 0 aliphatic carbocycles. The van der Waals surface area contributed by atoms with Gasteiger partial charge in [0.25, 0.3) is 0 Å². The predicted octanol–water partition coefficient (Wildman–Crippen LogP) is 2.62. The number of nitrogens with zero attached hydrogens (tertiary/aromatic N) is 1. The van der Waals surface area contributed by atoms with Crippen LogP contribution in [0.25, 0.3) is 10.9 Å². The van der Waals surface area contributed by atoms with Crippen LogP contribution in [0.15, 0.2) is 23.3 Å². The lowest BCUT2D eigenvalue weighted by Gasteiger charge is -2.04. The molecule has 5 heteroatoms. The van der Waals surface area contributed by atoms with Crippen LogP contribution in [0.5, 0.6) is 11.5 Å². The zero-order valence-corrected chi connectivity index (χ0v) is 8.76. The molecule has 1 aromatic heterocycles. The minimum absolute atomic E-state index is 0.0745. The summed E-state index contributed by atoms with van der Waals surface area (Å²) in [6.45, 7) is 0. The molecule has 2 aromatic rings. The highest BCUT2D eigenvalue weighted by molar-refractivity contribution is 7.78. The molecule has 1 aromatic carbocycles. The monoisotopic (exact) mass is 220 g/mol. The average molecular weight is 220 g/mol. The zero-order chi connectivity index (χ0) is 10.8. The number of aromatic amines is 1. The standard InChI is InChI=1S/C10H8N2O2S/c1-14-10-8(13)3-2-6-9(10)7(4-11-6)12-5-15/h2-4,11,13H,1H3. The molecule has 0 amide bonds. The molecule has 0 aliphatic heterocycles. The molecule has 0 radical (unpaired) electrons. The van der Waals surface area contributed by atoms with Crippen LogP contribution in [0, 0.1) is 0 Å². The van der Waals surface area contributed by atoms with E-state index in [1.165, 1.54) is 7.11 Å². The number of methoxy groups -OCH3 is 1. The van der Waals surface area contributed by atoms with Crippen molar-refractivity contribution in [3.05, 3.63) is 18.3 Å². The molecule has 76 valence electrons. The number of phenols is 1. The fraction of sp³-hybridized carbons (Fsp3) is 0.100. The van der Waals surface area contributed by atoms with Crippen molar-refractivity contribution in [3.8, 4) is 11.5 Å². The molecule has 0 bridgehead atoms. The van der Waals surface area contributed by atoms with Crippen molar-refractivity contribution in [2.45, 2.75) is 0 Å². The van der Waals surface area contributed by atoms with Crippen LogP contribution in [0.1, 0.15) is 0 Å². The minimum Gasteiger partial charge on any atom is -0.504 e. The number of aliphatic imine (C=N–C) groups is 1. The normalized spacial score (nSPS) is 9.93. The maximum absolute atomic E-state index is 9.59. The number of rotatable bonds is 2. The first-order chi connectivity index (χ1) is 7.27. The topological polar surface area (TPSA) is 57.6 Å². The van der Waals surface area contributed by atoms with Crippen LogP contribution in [0.2, 0.25) is 0 Å². The maximum Gasteiger partial charge on any atom is 0.172 e. The SMILES string of the molecule is COc1c(O)ccc2[nH]cc(N=C=S)c12. The smallest absolute Gasteiger partial charge is 0.172 e. The molecule has 15 heavy (non-hydrogen) atoms. The van der Waals surface area contributed by atoms with E-state index < -0.39 is 0 Å². The lowest BCUT2D eigenvalue weighted by molar-refractivity contribution is 0.378. The number of H-pyrrole nitrogens is 1. The Hall–Kier alpha value is -1.84. The average Bonchev–Trinajstić information content (AvgIpc) is 2.63. The largest absolute Gasteiger partial charge is 0.504 e. The van der Waals surface area contributed by atoms with Crippen molar-refractivity contribution in [2.24, 2.45) is 4.99 Å². The van der Waals surface area contributed by atoms with Crippen molar-refractivity contribution in [3.63, 3.8) is 0 Å². The first-order valence-electron chi connectivity index (χ1n) is 4.23. The van der Waals surface area contributed by atoms with Gasteiger partial charge in [0, 0.05) is 6.20 Å². The number of fused-ring (bicyclic) bond motifs is 1. The number of nitrogens with one attached hydrogen (secondary N) is 1. The predicted molar refractivity (Wildman–Crippen MR) is 61.2 cm³/mol. The molecule has 0 unspecified atom stereocenters. The van der Waals surface area contributed by atoms with Gasteiger partial charge in [-0.05, 0) is 24.4 Å². The summed E-state index contributed by atoms with van der Waals surface area (Å²) in [7, 11) is 1.49. The molecule has 0 fully saturated rings. The Bertz CT molecular complexity index is 556. The van der Waals surface area contributed by atoms with E-state index in [4.69, 9.17) is 4.74 Å². The molecule has 2 N–H and O–H groups in total. The molecule has 2 rings (SSSR count). The Morgan fingerprint density at radius 1 is 1.53 bits per heavy atom. The van der Waals surface area contributed by atoms with E-state index in [9.17, 15) is 5.11 Å². The second kappa shape index (κ2) is 3.73. The maximum atomic E-state index is 9.59. The molecule has 1 heterocycles. The number of hydrogen-bond acceptors (Lipinski definition) is 4. The molecule has 0 spiro atoms. The summed E-state index contributed by atoms with van der Waals surface area (Å²) >= 11 is 4.54. The van der Waals surface area contributed by atoms with E-state index in [0.29, 0.717) is 16.8 Å². The Labute approximate surface area is 91.2 Å². The summed E-state index contributed by atoms with van der Waals surface area (Å²) in [5.41, 5.74) is 1.43. The third-order valence-electron chi connectivity index (χ3n) is 2.13. The van der Waals surface area contributed by atoms with Gasteiger partial charge in [0.2, 0.25) is 0 Å². The third-order valence-corrected chi connectivity index (χ3v) is 2.22. The molecular formula is C10H8N2O2S. The van der Waals surface area contributed by atoms with E-state index in [1.807, 2.05) is 0 Å². The first kappa shape index (κ1) is 9.71. The number of aromatic hydroxyl groups is 1. The second-order valence-corrected chi connectivity index (χ2v) is 3.10. The van der Waals surface area contributed by atoms with E-state index >= 15 is 0 Å². The van der Waals surface area contributed by atoms with Crippen molar-refractivity contribution < 1.29 is 9.84 Å². The fourth-order valence-electron chi connectivity index (χ4n) is 1.51. The van der Waals surface area contributed by atoms with Crippen LogP contribution >= 0.6 is 12.2 Å². The molecule has 0 saturated heterocycles. The molecule has 0 aliphatic rings. The van der Waals surface area contributed by atoms with Crippen LogP contribution < -0.4 is 4.74 Å². The number of hydrogen-bond donors (Lipinski definition) is 2. The summed E-state index contributed by atoms with van der Waals surface area (Å²) < 4.78 is 5.11. The number of ether oxygens (including phenoxy) is 1. The quantitative estimate of drug-likeness (QED) is 0.604. The summed E-state index contributed by atoms with van der Waals surface area (Å²) in [4.78, 5) is 6.89. The Balaban J connectivity index is 2.86. The van der Waals surface area contributed by atoms with Gasteiger partial charge in [-0.3, -0.25) is 0 Å². The van der Waals surface area contributed by atoms with Crippen molar-refractivity contribution in [1.29, 1.82) is 0 Å². The van der Waals surface area contributed by atoms with Crippen molar-refractivity contribution >= 4 is 34.0 Å². The first-order valence-corrected chi connectivity index (χ1v) is 4.63. The number of isothiocyanates is 1. The molecule has 0 atom stereocenters. The number of benzene rings is 1. The third kappa shape index (κ3) is 1.48.